The highest BCUT2D eigenvalue weighted by molar-refractivity contribution is 6.17. The zero-order valence-corrected chi connectivity index (χ0v) is 12.8. The number of aliphatic hydroxyl groups excluding tert-OH is 3. The summed E-state index contributed by atoms with van der Waals surface area (Å²) in [6, 6.07) is 0. The molecule has 0 unspecified atom stereocenters. The Bertz CT molecular complexity index is 626. The minimum atomic E-state index is -1.36. The van der Waals surface area contributed by atoms with Gasteiger partial charge in [-0.1, -0.05) is 5.92 Å². The summed E-state index contributed by atoms with van der Waals surface area (Å²) in [6.07, 6.45) is -3.59. The summed E-state index contributed by atoms with van der Waals surface area (Å²) in [5.41, 5.74) is 5.15. The number of hydrogen-bond donors (Lipinski definition) is 4. The van der Waals surface area contributed by atoms with Crippen LogP contribution in [0.25, 0.3) is 0 Å². The first-order valence-electron chi connectivity index (χ1n) is 6.93. The molecule has 1 aromatic heterocycles. The number of carbonyl (C=O) groups excluding carboxylic acids is 1. The highest BCUT2D eigenvalue weighted by Crippen LogP contribution is 2.29. The predicted molar refractivity (Wildman–Crippen MR) is 78.4 cm³/mol. The van der Waals surface area contributed by atoms with E-state index in [1.54, 1.807) is 0 Å². The van der Waals surface area contributed by atoms with Gasteiger partial charge in [0.15, 0.2) is 6.23 Å². The lowest BCUT2D eigenvalue weighted by Crippen LogP contribution is -2.33. The van der Waals surface area contributed by atoms with Crippen molar-refractivity contribution in [3.8, 4) is 11.8 Å². The molecule has 126 valence electrons. The van der Waals surface area contributed by atoms with E-state index in [2.05, 4.69) is 21.9 Å². The minimum absolute atomic E-state index is 0.0585. The van der Waals surface area contributed by atoms with E-state index in [0.29, 0.717) is 18.7 Å². The Kier molecular flexibility index (Phi) is 5.92. The van der Waals surface area contributed by atoms with Gasteiger partial charge in [0.25, 0.3) is 5.91 Å². The quantitative estimate of drug-likeness (QED) is 0.285. The monoisotopic (exact) mass is 344 g/mol. The van der Waals surface area contributed by atoms with E-state index >= 15 is 0 Å². The molecule has 1 aliphatic rings. The minimum Gasteiger partial charge on any atom is -0.394 e. The van der Waals surface area contributed by atoms with Crippen LogP contribution in [0.2, 0.25) is 0 Å². The second-order valence-corrected chi connectivity index (χ2v) is 5.27. The number of amides is 1. The molecule has 23 heavy (non-hydrogen) atoms. The first-order chi connectivity index (χ1) is 11.0. The maximum Gasteiger partial charge on any atom is 0.288 e. The predicted octanol–water partition coefficient (Wildman–Crippen LogP) is -1.64. The number of carbonyl (C=O) groups is 1. The summed E-state index contributed by atoms with van der Waals surface area (Å²) in [5, 5.41) is 32.8. The number of aromatic nitrogens is 3. The molecule has 2 heterocycles. The number of hydrogen-bond acceptors (Lipinski definition) is 7. The Morgan fingerprint density at radius 1 is 1.43 bits per heavy atom. The van der Waals surface area contributed by atoms with E-state index in [1.807, 2.05) is 0 Å². The van der Waals surface area contributed by atoms with Crippen LogP contribution in [-0.4, -0.2) is 66.8 Å². The average Bonchev–Trinajstić information content (AvgIpc) is 3.07. The smallest absolute Gasteiger partial charge is 0.288 e. The number of rotatable bonds is 5. The maximum atomic E-state index is 11.2. The highest BCUT2D eigenvalue weighted by atomic mass is 35.5. The Hall–Kier alpha value is -1.70. The van der Waals surface area contributed by atoms with E-state index in [0.717, 1.165) is 4.68 Å². The Balaban J connectivity index is 2.32. The largest absolute Gasteiger partial charge is 0.394 e. The molecular weight excluding hydrogens is 328 g/mol. The fourth-order valence-electron chi connectivity index (χ4n) is 2.07. The topological polar surface area (TPSA) is 144 Å². The van der Waals surface area contributed by atoms with Gasteiger partial charge in [-0.2, -0.15) is 4.98 Å². The van der Waals surface area contributed by atoms with Crippen LogP contribution in [0.4, 0.5) is 0 Å². The number of aliphatic hydroxyl groups is 3. The molecule has 4 atom stereocenters. The van der Waals surface area contributed by atoms with Crippen LogP contribution < -0.4 is 5.73 Å². The molecule has 1 amide bonds. The summed E-state index contributed by atoms with van der Waals surface area (Å²) in [6.45, 7) is -0.483. The molecule has 10 heteroatoms. The zero-order chi connectivity index (χ0) is 17.0. The summed E-state index contributed by atoms with van der Waals surface area (Å²) in [4.78, 5) is 15.1. The Morgan fingerprint density at radius 3 is 2.74 bits per heavy atom. The SMILES string of the molecule is NC(=O)c1nc(C#CCCCCl)n([C@@H]2O[C@H](CO)[C@@H](O)[C@H]2O)n1. The number of primary amides is 1. The standard InChI is InChI=1S/C13H17ClN4O5/c14-5-3-1-2-4-8-16-12(11(15)22)17-18(8)13-10(21)9(20)7(6-19)23-13/h7,9-10,13,19-21H,1,3,5-6H2,(H2,15,22)/t7-,9-,10-,13-/m1/s1. The first-order valence-corrected chi connectivity index (χ1v) is 7.46. The second kappa shape index (κ2) is 7.72. The van der Waals surface area contributed by atoms with Crippen molar-refractivity contribution in [2.75, 3.05) is 12.5 Å². The maximum absolute atomic E-state index is 11.2. The molecule has 0 radical (unpaired) electrons. The molecule has 0 saturated carbocycles. The summed E-state index contributed by atoms with van der Waals surface area (Å²) >= 11 is 5.56. The lowest BCUT2D eigenvalue weighted by molar-refractivity contribution is -0.0592. The van der Waals surface area contributed by atoms with Gasteiger partial charge in [0.05, 0.1) is 6.61 Å². The third kappa shape index (κ3) is 3.80. The van der Waals surface area contributed by atoms with Crippen molar-refractivity contribution in [2.45, 2.75) is 37.4 Å². The molecule has 9 nitrogen and oxygen atoms in total. The van der Waals surface area contributed by atoms with Crippen molar-refractivity contribution in [3.63, 3.8) is 0 Å². The summed E-state index contributed by atoms with van der Waals surface area (Å²) in [5.74, 6) is 4.89. The number of ether oxygens (including phenoxy) is 1. The van der Waals surface area contributed by atoms with E-state index in [-0.39, 0.29) is 11.6 Å². The fourth-order valence-corrected chi connectivity index (χ4v) is 2.20. The second-order valence-electron chi connectivity index (χ2n) is 4.89. The third-order valence-corrected chi connectivity index (χ3v) is 3.51. The highest BCUT2D eigenvalue weighted by Gasteiger charge is 2.44. The Labute approximate surface area is 137 Å². The molecule has 0 spiro atoms. The van der Waals surface area contributed by atoms with Crippen molar-refractivity contribution in [1.29, 1.82) is 0 Å². The molecular formula is C13H17ClN4O5. The van der Waals surface area contributed by atoms with Crippen LogP contribution in [-0.2, 0) is 4.74 Å². The van der Waals surface area contributed by atoms with Crippen LogP contribution in [0.3, 0.4) is 0 Å². The first kappa shape index (κ1) is 17.7. The van der Waals surface area contributed by atoms with Crippen LogP contribution in [0.1, 0.15) is 35.5 Å². The van der Waals surface area contributed by atoms with Crippen LogP contribution in [0.15, 0.2) is 0 Å². The number of alkyl halides is 1. The fraction of sp³-hybridized carbons (Fsp3) is 0.615. The van der Waals surface area contributed by atoms with Crippen LogP contribution in [0, 0.1) is 11.8 Å². The van der Waals surface area contributed by atoms with Crippen LogP contribution in [0.5, 0.6) is 0 Å². The number of unbranched alkanes of at least 4 members (excludes halogenated alkanes) is 1. The van der Waals surface area contributed by atoms with Crippen molar-refractivity contribution >= 4 is 17.5 Å². The summed E-state index contributed by atoms with van der Waals surface area (Å²) in [7, 11) is 0. The van der Waals surface area contributed by atoms with Gasteiger partial charge in [0.1, 0.15) is 18.3 Å². The van der Waals surface area contributed by atoms with Gasteiger partial charge in [-0.15, -0.1) is 16.7 Å². The molecule has 1 fully saturated rings. The van der Waals surface area contributed by atoms with E-state index in [4.69, 9.17) is 27.2 Å². The summed E-state index contributed by atoms with van der Waals surface area (Å²) < 4.78 is 6.43. The van der Waals surface area contributed by atoms with Crippen LogP contribution >= 0.6 is 11.6 Å². The van der Waals surface area contributed by atoms with Gasteiger partial charge >= 0.3 is 0 Å². The molecule has 5 N–H and O–H groups in total. The molecule has 0 aliphatic carbocycles. The van der Waals surface area contributed by atoms with Gasteiger partial charge in [0, 0.05) is 12.3 Å². The third-order valence-electron chi connectivity index (χ3n) is 3.25. The number of nitrogens with zero attached hydrogens (tertiary/aromatic N) is 3. The van der Waals surface area contributed by atoms with Crippen molar-refractivity contribution in [3.05, 3.63) is 11.6 Å². The molecule has 2 rings (SSSR count). The van der Waals surface area contributed by atoms with E-state index < -0.39 is 37.1 Å². The number of halogens is 1. The molecule has 0 bridgehead atoms. The lowest BCUT2D eigenvalue weighted by Gasteiger charge is -2.15. The number of nitrogens with two attached hydrogens (primary N) is 1. The van der Waals surface area contributed by atoms with Gasteiger partial charge in [0.2, 0.25) is 11.6 Å². The average molecular weight is 345 g/mol. The lowest BCUT2D eigenvalue weighted by atomic mass is 10.1. The van der Waals surface area contributed by atoms with Crippen molar-refractivity contribution in [1.82, 2.24) is 14.8 Å². The molecule has 1 saturated heterocycles. The normalized spacial score (nSPS) is 26.8. The Morgan fingerprint density at radius 2 is 2.17 bits per heavy atom. The van der Waals surface area contributed by atoms with E-state index in [9.17, 15) is 15.0 Å². The zero-order valence-electron chi connectivity index (χ0n) is 12.1. The van der Waals surface area contributed by atoms with Gasteiger partial charge in [-0.05, 0) is 12.3 Å². The molecule has 1 aliphatic heterocycles. The molecule has 0 aromatic carbocycles. The van der Waals surface area contributed by atoms with Gasteiger partial charge < -0.3 is 25.8 Å². The molecule has 1 aromatic rings. The van der Waals surface area contributed by atoms with Crippen molar-refractivity contribution in [2.24, 2.45) is 5.73 Å². The van der Waals surface area contributed by atoms with Crippen molar-refractivity contribution < 1.29 is 24.9 Å². The van der Waals surface area contributed by atoms with Gasteiger partial charge in [-0.3, -0.25) is 4.79 Å². The van der Waals surface area contributed by atoms with E-state index in [1.165, 1.54) is 0 Å². The van der Waals surface area contributed by atoms with Gasteiger partial charge in [-0.25, -0.2) is 4.68 Å².